The van der Waals surface area contributed by atoms with Crippen LogP contribution in [0.5, 0.6) is 0 Å². The summed E-state index contributed by atoms with van der Waals surface area (Å²) in [5.41, 5.74) is 1.14. The van der Waals surface area contributed by atoms with Crippen molar-refractivity contribution < 1.29 is 14.3 Å². The Morgan fingerprint density at radius 2 is 1.90 bits per heavy atom. The highest BCUT2D eigenvalue weighted by molar-refractivity contribution is 5.95. The summed E-state index contributed by atoms with van der Waals surface area (Å²) < 4.78 is 4.72. The molecule has 0 bridgehead atoms. The van der Waals surface area contributed by atoms with Gasteiger partial charge in [-0.05, 0) is 26.2 Å². The number of amides is 1. The van der Waals surface area contributed by atoms with Crippen molar-refractivity contribution in [3.63, 3.8) is 0 Å². The smallest absolute Gasteiger partial charge is 0.339 e. The van der Waals surface area contributed by atoms with Crippen LogP contribution in [0.3, 0.4) is 0 Å². The van der Waals surface area contributed by atoms with E-state index in [-0.39, 0.29) is 5.91 Å². The molecule has 0 aromatic heterocycles. The van der Waals surface area contributed by atoms with Crippen molar-refractivity contribution in [2.45, 2.75) is 6.42 Å². The van der Waals surface area contributed by atoms with Crippen LogP contribution >= 0.6 is 0 Å². The third-order valence-corrected chi connectivity index (χ3v) is 2.88. The molecule has 0 spiro atoms. The van der Waals surface area contributed by atoms with E-state index in [9.17, 15) is 9.59 Å². The monoisotopic (exact) mass is 293 g/mol. The van der Waals surface area contributed by atoms with Gasteiger partial charge >= 0.3 is 5.97 Å². The summed E-state index contributed by atoms with van der Waals surface area (Å²) >= 11 is 0. The summed E-state index contributed by atoms with van der Waals surface area (Å²) in [6.45, 7) is 1.90. The maximum atomic E-state index is 11.6. The molecule has 0 atom stereocenters. The van der Waals surface area contributed by atoms with Crippen LogP contribution in [0.1, 0.15) is 16.8 Å². The molecule has 1 aromatic rings. The first kappa shape index (κ1) is 17.0. The fourth-order valence-corrected chi connectivity index (χ4v) is 1.74. The molecule has 2 N–H and O–H groups in total. The minimum Gasteiger partial charge on any atom is -0.465 e. The van der Waals surface area contributed by atoms with Crippen LogP contribution in [0.2, 0.25) is 0 Å². The molecule has 6 heteroatoms. The lowest BCUT2D eigenvalue weighted by Gasteiger charge is -2.12. The number of rotatable bonds is 8. The number of nitrogens with one attached hydrogen (secondary N) is 2. The molecule has 0 fully saturated rings. The fraction of sp³-hybridized carbons (Fsp3) is 0.467. The zero-order valence-corrected chi connectivity index (χ0v) is 12.8. The van der Waals surface area contributed by atoms with Crippen molar-refractivity contribution in [2.24, 2.45) is 0 Å². The molecule has 1 aromatic carbocycles. The van der Waals surface area contributed by atoms with Crippen LogP contribution in [0, 0.1) is 0 Å². The molecule has 0 saturated carbocycles. The molecule has 6 nitrogen and oxygen atoms in total. The molecule has 0 aliphatic rings. The molecule has 0 unspecified atom stereocenters. The van der Waals surface area contributed by atoms with Crippen molar-refractivity contribution in [3.8, 4) is 0 Å². The Hall–Kier alpha value is -2.08. The Morgan fingerprint density at radius 3 is 2.57 bits per heavy atom. The minimum absolute atomic E-state index is 0.0140. The topological polar surface area (TPSA) is 70.7 Å². The highest BCUT2D eigenvalue weighted by Gasteiger charge is 2.10. The summed E-state index contributed by atoms with van der Waals surface area (Å²) in [5, 5.41) is 5.92. The third kappa shape index (κ3) is 6.27. The quantitative estimate of drug-likeness (QED) is 0.698. The summed E-state index contributed by atoms with van der Waals surface area (Å²) in [5.74, 6) is -0.409. The van der Waals surface area contributed by atoms with E-state index in [1.807, 2.05) is 25.1 Å². The maximum Gasteiger partial charge on any atom is 0.339 e. The van der Waals surface area contributed by atoms with Gasteiger partial charge in [0.1, 0.15) is 0 Å². The van der Waals surface area contributed by atoms with E-state index < -0.39 is 5.97 Å². The summed E-state index contributed by atoms with van der Waals surface area (Å²) in [6, 6.07) is 7.07. The first-order chi connectivity index (χ1) is 10.0. The average Bonchev–Trinajstić information content (AvgIpc) is 2.46. The van der Waals surface area contributed by atoms with Gasteiger partial charge < -0.3 is 20.3 Å². The number of ether oxygens (including phenoxy) is 1. The van der Waals surface area contributed by atoms with Crippen LogP contribution in [0.15, 0.2) is 24.3 Å². The average molecular weight is 293 g/mol. The van der Waals surface area contributed by atoms with Gasteiger partial charge in [-0.1, -0.05) is 12.1 Å². The number of nitrogens with zero attached hydrogens (tertiary/aromatic N) is 1. The molecule has 0 heterocycles. The Bertz CT molecular complexity index is 475. The van der Waals surface area contributed by atoms with E-state index in [1.165, 1.54) is 7.11 Å². The van der Waals surface area contributed by atoms with Gasteiger partial charge in [0.05, 0.1) is 12.7 Å². The maximum absolute atomic E-state index is 11.6. The second kappa shape index (κ2) is 8.97. The molecular weight excluding hydrogens is 270 g/mol. The van der Waals surface area contributed by atoms with Crippen LogP contribution in [0.4, 0.5) is 5.69 Å². The van der Waals surface area contributed by atoms with Crippen molar-refractivity contribution >= 4 is 17.6 Å². The number of esters is 1. The van der Waals surface area contributed by atoms with Gasteiger partial charge in [-0.15, -0.1) is 0 Å². The summed E-state index contributed by atoms with van der Waals surface area (Å²) in [7, 11) is 5.26. The van der Waals surface area contributed by atoms with Crippen molar-refractivity contribution in [1.82, 2.24) is 10.2 Å². The van der Waals surface area contributed by atoms with E-state index in [0.717, 1.165) is 6.54 Å². The molecule has 1 amide bonds. The molecule has 0 saturated heterocycles. The van der Waals surface area contributed by atoms with Gasteiger partial charge in [-0.2, -0.15) is 0 Å². The highest BCUT2D eigenvalue weighted by Crippen LogP contribution is 2.15. The van der Waals surface area contributed by atoms with E-state index in [0.29, 0.717) is 30.8 Å². The number of methoxy groups -OCH3 is 1. The number of anilines is 1. The summed E-state index contributed by atoms with van der Waals surface area (Å²) in [4.78, 5) is 25.2. The van der Waals surface area contributed by atoms with E-state index >= 15 is 0 Å². The normalized spacial score (nSPS) is 10.3. The van der Waals surface area contributed by atoms with Gasteiger partial charge in [0.15, 0.2) is 0 Å². The Labute approximate surface area is 125 Å². The van der Waals surface area contributed by atoms with E-state index in [2.05, 4.69) is 10.6 Å². The minimum atomic E-state index is -0.395. The molecule has 21 heavy (non-hydrogen) atoms. The Morgan fingerprint density at radius 1 is 1.19 bits per heavy atom. The largest absolute Gasteiger partial charge is 0.465 e. The summed E-state index contributed by atoms with van der Waals surface area (Å²) in [6.07, 6.45) is 0.350. The molecule has 0 aliphatic carbocycles. The van der Waals surface area contributed by atoms with Crippen molar-refractivity contribution in [2.75, 3.05) is 46.2 Å². The third-order valence-electron chi connectivity index (χ3n) is 2.88. The highest BCUT2D eigenvalue weighted by atomic mass is 16.5. The lowest BCUT2D eigenvalue weighted by Crippen LogP contribution is -2.32. The lowest BCUT2D eigenvalue weighted by atomic mass is 10.2. The van der Waals surface area contributed by atoms with Crippen LogP contribution in [-0.2, 0) is 9.53 Å². The predicted molar refractivity (Wildman–Crippen MR) is 82.5 cm³/mol. The van der Waals surface area contributed by atoms with Gasteiger partial charge in [0, 0.05) is 31.7 Å². The molecule has 0 aliphatic heterocycles. The van der Waals surface area contributed by atoms with Gasteiger partial charge in [0.2, 0.25) is 5.91 Å². The van der Waals surface area contributed by atoms with E-state index in [4.69, 9.17) is 4.74 Å². The van der Waals surface area contributed by atoms with Crippen LogP contribution in [-0.4, -0.2) is 57.6 Å². The van der Waals surface area contributed by atoms with Crippen LogP contribution in [0.25, 0.3) is 0 Å². The SMILES string of the molecule is COC(=O)c1ccccc1NCCC(=O)NCCN(C)C. The fourth-order valence-electron chi connectivity index (χ4n) is 1.74. The van der Waals surface area contributed by atoms with Crippen LogP contribution < -0.4 is 10.6 Å². The molecule has 0 radical (unpaired) electrons. The first-order valence-electron chi connectivity index (χ1n) is 6.87. The predicted octanol–water partition coefficient (Wildman–Crippen LogP) is 0.953. The van der Waals surface area contributed by atoms with Gasteiger partial charge in [0.25, 0.3) is 0 Å². The van der Waals surface area contributed by atoms with Crippen molar-refractivity contribution in [1.29, 1.82) is 0 Å². The Kier molecular flexibility index (Phi) is 7.25. The van der Waals surface area contributed by atoms with Gasteiger partial charge in [-0.25, -0.2) is 4.79 Å². The van der Waals surface area contributed by atoms with Gasteiger partial charge in [-0.3, -0.25) is 4.79 Å². The zero-order chi connectivity index (χ0) is 15.7. The number of carbonyl (C=O) groups is 2. The Balaban J connectivity index is 2.39. The van der Waals surface area contributed by atoms with Crippen molar-refractivity contribution in [3.05, 3.63) is 29.8 Å². The number of likely N-dealkylation sites (N-methyl/N-ethyl adjacent to an activating group) is 1. The number of benzene rings is 1. The second-order valence-corrected chi connectivity index (χ2v) is 4.87. The number of hydrogen-bond donors (Lipinski definition) is 2. The number of carbonyl (C=O) groups excluding carboxylic acids is 2. The standard InChI is InChI=1S/C15H23N3O3/c1-18(2)11-10-17-14(19)8-9-16-13-7-5-4-6-12(13)15(20)21-3/h4-7,16H,8-11H2,1-3H3,(H,17,19). The molecular formula is C15H23N3O3. The zero-order valence-electron chi connectivity index (χ0n) is 12.8. The van der Waals surface area contributed by atoms with E-state index in [1.54, 1.807) is 18.2 Å². The number of hydrogen-bond acceptors (Lipinski definition) is 5. The molecule has 116 valence electrons. The first-order valence-corrected chi connectivity index (χ1v) is 6.87. The molecule has 1 rings (SSSR count). The lowest BCUT2D eigenvalue weighted by molar-refractivity contribution is -0.120. The second-order valence-electron chi connectivity index (χ2n) is 4.87. The number of para-hydroxylation sites is 1.